The van der Waals surface area contributed by atoms with Crippen molar-refractivity contribution in [2.45, 2.75) is 116 Å². The molecule has 2 rings (SSSR count). The molecule has 0 aromatic heterocycles. The van der Waals surface area contributed by atoms with Gasteiger partial charge in [0.05, 0.1) is 18.1 Å². The lowest BCUT2D eigenvalue weighted by atomic mass is 9.58. The van der Waals surface area contributed by atoms with Gasteiger partial charge >= 0.3 is 0 Å². The monoisotopic (exact) mass is 706 g/mol. The van der Waals surface area contributed by atoms with Gasteiger partial charge < -0.3 is 32.2 Å². The number of amides is 2. The molecule has 0 spiro atoms. The SMILES string of the molecule is CCCCc1ccc(-c2ccc(C(=O)C[C@@H](CN)C(=O)N[C@H](C(=O)C[C@@H](C)C(=O)N[C@@H](CCCCN)C(=O)C[C@@H](C)B(C)O)[C@@H](C)O)cc2)cc1. The van der Waals surface area contributed by atoms with E-state index in [0.717, 1.165) is 30.4 Å². The van der Waals surface area contributed by atoms with Crippen molar-refractivity contribution in [3.05, 3.63) is 59.7 Å². The first-order valence-corrected chi connectivity index (χ1v) is 18.4. The molecule has 6 atom stereocenters. The van der Waals surface area contributed by atoms with Crippen LogP contribution in [0.25, 0.3) is 11.1 Å². The molecule has 0 saturated carbocycles. The van der Waals surface area contributed by atoms with E-state index in [1.807, 2.05) is 12.1 Å². The first kappa shape index (κ1) is 43.5. The van der Waals surface area contributed by atoms with Crippen molar-refractivity contribution in [3.8, 4) is 11.1 Å². The summed E-state index contributed by atoms with van der Waals surface area (Å²) < 4.78 is 0. The zero-order valence-corrected chi connectivity index (χ0v) is 31.0. The Morgan fingerprint density at radius 1 is 0.784 bits per heavy atom. The summed E-state index contributed by atoms with van der Waals surface area (Å²) in [4.78, 5) is 65.8. The largest absolute Gasteiger partial charge is 0.450 e. The van der Waals surface area contributed by atoms with E-state index < -0.39 is 54.5 Å². The minimum Gasteiger partial charge on any atom is -0.450 e. The van der Waals surface area contributed by atoms with Gasteiger partial charge in [0.15, 0.2) is 17.3 Å². The quantitative estimate of drug-likeness (QED) is 0.0532. The second kappa shape index (κ2) is 22.3. The molecule has 11 nitrogen and oxygen atoms in total. The third-order valence-corrected chi connectivity index (χ3v) is 9.48. The summed E-state index contributed by atoms with van der Waals surface area (Å²) >= 11 is 0. The Labute approximate surface area is 303 Å². The Hall–Kier alpha value is -3.71. The fourth-order valence-electron chi connectivity index (χ4n) is 5.73. The van der Waals surface area contributed by atoms with Crippen molar-refractivity contribution in [2.75, 3.05) is 13.1 Å². The number of Topliss-reactive ketones (excluding diaryl/α,β-unsaturated/α-hetero) is 3. The zero-order chi connectivity index (χ0) is 38.1. The summed E-state index contributed by atoms with van der Waals surface area (Å²) in [6, 6.07) is 13.4. The van der Waals surface area contributed by atoms with Crippen molar-refractivity contribution in [1.29, 1.82) is 0 Å². The summed E-state index contributed by atoms with van der Waals surface area (Å²) in [7, 11) is 0. The van der Waals surface area contributed by atoms with Gasteiger partial charge in [-0.1, -0.05) is 82.5 Å². The third-order valence-electron chi connectivity index (χ3n) is 9.48. The van der Waals surface area contributed by atoms with Gasteiger partial charge in [0.2, 0.25) is 11.8 Å². The third kappa shape index (κ3) is 14.4. The smallest absolute Gasteiger partial charge is 0.289 e. The van der Waals surface area contributed by atoms with Crippen LogP contribution in [0.5, 0.6) is 0 Å². The minimum atomic E-state index is -1.33. The number of ketones is 3. The molecular formula is C39H59BN4O7. The molecule has 8 N–H and O–H groups in total. The number of hydrogen-bond donors (Lipinski definition) is 6. The van der Waals surface area contributed by atoms with Gasteiger partial charge in [-0.25, -0.2) is 0 Å². The summed E-state index contributed by atoms with van der Waals surface area (Å²) in [6.45, 7) is 8.00. The maximum atomic E-state index is 13.3. The molecule has 0 heterocycles. The van der Waals surface area contributed by atoms with Crippen LogP contribution in [0.2, 0.25) is 12.6 Å². The Balaban J connectivity index is 2.02. The van der Waals surface area contributed by atoms with E-state index in [0.29, 0.717) is 31.4 Å². The molecule has 0 unspecified atom stereocenters. The molecule has 0 aliphatic heterocycles. The predicted octanol–water partition coefficient (Wildman–Crippen LogP) is 3.88. The van der Waals surface area contributed by atoms with Gasteiger partial charge in [0, 0.05) is 37.3 Å². The molecule has 2 amide bonds. The van der Waals surface area contributed by atoms with E-state index in [-0.39, 0.29) is 43.2 Å². The van der Waals surface area contributed by atoms with Crippen LogP contribution in [-0.2, 0) is 25.6 Å². The van der Waals surface area contributed by atoms with E-state index in [9.17, 15) is 34.1 Å². The van der Waals surface area contributed by atoms with E-state index in [4.69, 9.17) is 11.5 Å². The second-order valence-corrected chi connectivity index (χ2v) is 14.0. The number of rotatable bonds is 24. The van der Waals surface area contributed by atoms with Crippen molar-refractivity contribution < 1.29 is 34.1 Å². The Morgan fingerprint density at radius 2 is 1.39 bits per heavy atom. The number of unbranched alkanes of at least 4 members (excludes halogenated alkanes) is 2. The van der Waals surface area contributed by atoms with Gasteiger partial charge in [-0.05, 0) is 68.1 Å². The molecule has 0 fully saturated rings. The molecule has 280 valence electrons. The molecule has 0 radical (unpaired) electrons. The van der Waals surface area contributed by atoms with Crippen LogP contribution >= 0.6 is 0 Å². The fourth-order valence-corrected chi connectivity index (χ4v) is 5.73. The van der Waals surface area contributed by atoms with Crippen molar-refractivity contribution in [2.24, 2.45) is 23.3 Å². The van der Waals surface area contributed by atoms with Gasteiger partial charge in [0.25, 0.3) is 6.92 Å². The average Bonchev–Trinajstić information content (AvgIpc) is 3.11. The van der Waals surface area contributed by atoms with Gasteiger partial charge in [-0.3, -0.25) is 24.0 Å². The van der Waals surface area contributed by atoms with Gasteiger partial charge in [-0.2, -0.15) is 0 Å². The predicted molar refractivity (Wildman–Crippen MR) is 202 cm³/mol. The lowest BCUT2D eigenvalue weighted by Crippen LogP contribution is -2.51. The molecule has 2 aromatic rings. The van der Waals surface area contributed by atoms with Crippen LogP contribution in [0.4, 0.5) is 0 Å². The minimum absolute atomic E-state index is 0.0818. The summed E-state index contributed by atoms with van der Waals surface area (Å²) in [5.74, 6) is -4.37. The number of hydrogen-bond acceptors (Lipinski definition) is 9. The zero-order valence-electron chi connectivity index (χ0n) is 31.0. The number of aliphatic hydroxyl groups excluding tert-OH is 1. The Kier molecular flexibility index (Phi) is 19.0. The fraction of sp³-hybridized carbons (Fsp3) is 0.564. The number of carbonyl (C=O) groups excluding carboxylic acids is 5. The van der Waals surface area contributed by atoms with E-state index in [2.05, 4.69) is 41.8 Å². The summed E-state index contributed by atoms with van der Waals surface area (Å²) in [6.07, 6.45) is 3.26. The molecule has 0 saturated heterocycles. The highest BCUT2D eigenvalue weighted by Gasteiger charge is 2.32. The van der Waals surface area contributed by atoms with Crippen LogP contribution in [0.1, 0.15) is 95.0 Å². The average molecular weight is 707 g/mol. The first-order chi connectivity index (χ1) is 24.2. The van der Waals surface area contributed by atoms with Crippen LogP contribution in [0, 0.1) is 11.8 Å². The van der Waals surface area contributed by atoms with Crippen LogP contribution in [0.15, 0.2) is 48.5 Å². The topological polar surface area (TPSA) is 202 Å². The van der Waals surface area contributed by atoms with Crippen molar-refractivity contribution >= 4 is 36.1 Å². The summed E-state index contributed by atoms with van der Waals surface area (Å²) in [5, 5.41) is 25.6. The number of benzene rings is 2. The number of nitrogens with one attached hydrogen (secondary N) is 2. The van der Waals surface area contributed by atoms with Gasteiger partial charge in [0.1, 0.15) is 6.04 Å². The molecule has 0 aliphatic carbocycles. The van der Waals surface area contributed by atoms with E-state index in [1.54, 1.807) is 25.9 Å². The van der Waals surface area contributed by atoms with Crippen LogP contribution in [0.3, 0.4) is 0 Å². The van der Waals surface area contributed by atoms with E-state index >= 15 is 0 Å². The highest BCUT2D eigenvalue weighted by atomic mass is 16.3. The summed E-state index contributed by atoms with van der Waals surface area (Å²) in [5.41, 5.74) is 15.2. The molecule has 2 aromatic carbocycles. The van der Waals surface area contributed by atoms with Crippen LogP contribution < -0.4 is 22.1 Å². The van der Waals surface area contributed by atoms with Crippen molar-refractivity contribution in [3.63, 3.8) is 0 Å². The highest BCUT2D eigenvalue weighted by Crippen LogP contribution is 2.23. The first-order valence-electron chi connectivity index (χ1n) is 18.4. The van der Waals surface area contributed by atoms with E-state index in [1.165, 1.54) is 19.4 Å². The highest BCUT2D eigenvalue weighted by molar-refractivity contribution is 6.50. The molecule has 51 heavy (non-hydrogen) atoms. The second-order valence-electron chi connectivity index (χ2n) is 14.0. The Morgan fingerprint density at radius 3 is 1.92 bits per heavy atom. The van der Waals surface area contributed by atoms with Gasteiger partial charge in [-0.15, -0.1) is 0 Å². The maximum absolute atomic E-state index is 13.3. The van der Waals surface area contributed by atoms with Crippen LogP contribution in [-0.4, -0.2) is 77.5 Å². The standard InChI is InChI=1S/C39H59BN4O7/c1-6-7-10-28-12-14-29(15-13-28)30-16-18-31(19-17-30)34(46)23-32(24-42)39(50)44-37(27(4)45)36(48)21-25(2)38(49)43-33(11-8-9-20-41)35(47)22-26(3)40(5)51/h12-19,25-27,32-33,37,45,51H,6-11,20-24,41-42H2,1-5H3,(H,43,49)(H,44,50)/t25-,26-,27-,32+,33+,37+/m1/s1. The number of nitrogens with two attached hydrogens (primary N) is 2. The number of carbonyl (C=O) groups is 5. The van der Waals surface area contributed by atoms with Crippen molar-refractivity contribution in [1.82, 2.24) is 10.6 Å². The normalized spacial score (nSPS) is 14.8. The number of aliphatic hydroxyl groups is 1. The molecule has 0 bridgehead atoms. The lowest BCUT2D eigenvalue weighted by molar-refractivity contribution is -0.135. The molecule has 12 heteroatoms. The Bertz CT molecular complexity index is 1420. The molecule has 0 aliphatic rings. The number of aryl methyl sites for hydroxylation is 1. The maximum Gasteiger partial charge on any atom is 0.289 e. The lowest BCUT2D eigenvalue weighted by Gasteiger charge is -2.25. The molecular weight excluding hydrogens is 647 g/mol.